The molecule has 0 amide bonds. The van der Waals surface area contributed by atoms with Gasteiger partial charge in [0.1, 0.15) is 0 Å². The average molecular weight is 413 g/mol. The van der Waals surface area contributed by atoms with Gasteiger partial charge in [0.25, 0.3) is 0 Å². The molecule has 2 aliphatic carbocycles. The number of allylic oxidation sites excluding steroid dienone is 8. The molecule has 0 unspecified atom stereocenters. The van der Waals surface area contributed by atoms with Gasteiger partial charge in [0.05, 0.1) is 0 Å². The second-order valence-electron chi connectivity index (χ2n) is 8.19. The van der Waals surface area contributed by atoms with Crippen LogP contribution >= 0.6 is 0 Å². The van der Waals surface area contributed by atoms with Crippen LogP contribution in [0, 0.1) is 10.8 Å². The van der Waals surface area contributed by atoms with Crippen molar-refractivity contribution in [2.75, 3.05) is 0 Å². The number of hydrogen-bond acceptors (Lipinski definition) is 0. The van der Waals surface area contributed by atoms with Gasteiger partial charge in [0.2, 0.25) is 0 Å². The van der Waals surface area contributed by atoms with E-state index in [0.29, 0.717) is 0 Å². The molecule has 0 atom stereocenters. The molecule has 0 bridgehead atoms. The Morgan fingerprint density at radius 3 is 0.962 bits per heavy atom. The zero-order chi connectivity index (χ0) is 20.8. The fourth-order valence-electron chi connectivity index (χ4n) is 3.52. The molecule has 0 aliphatic heterocycles. The summed E-state index contributed by atoms with van der Waals surface area (Å²) >= 11 is 1.13. The largest absolute Gasteiger partial charge is 0.673 e. The fourth-order valence-corrected chi connectivity index (χ4v) is 5.73. The molecule has 0 N–H and O–H groups in total. The number of hydrogen-bond donors (Lipinski definition) is 0. The maximum Gasteiger partial charge on any atom is 0.673 e. The van der Waals surface area contributed by atoms with Crippen molar-refractivity contribution in [2.45, 2.75) is 69.2 Å². The Balaban J connectivity index is 0.000000597. The van der Waals surface area contributed by atoms with Crippen molar-refractivity contribution < 1.29 is 32.2 Å². The first-order valence-electron chi connectivity index (χ1n) is 8.73. The Morgan fingerprint density at radius 2 is 0.808 bits per heavy atom. The zero-order valence-corrected chi connectivity index (χ0v) is 18.5. The van der Waals surface area contributed by atoms with Crippen molar-refractivity contribution in [3.63, 3.8) is 0 Å². The van der Waals surface area contributed by atoms with Gasteiger partial charge in [0, 0.05) is 0 Å². The SMILES string of the molecule is CC1=C(C)C(C)(C)[C]([Fe][C]2=C(C)C(C)=C(C)C2(C)C)=C1C.F[B-](F)(F)F. The van der Waals surface area contributed by atoms with Gasteiger partial charge in [-0.15, -0.1) is 0 Å². The van der Waals surface area contributed by atoms with Crippen molar-refractivity contribution >= 4 is 7.25 Å². The van der Waals surface area contributed by atoms with Crippen LogP contribution in [0.3, 0.4) is 0 Å². The monoisotopic (exact) mass is 413 g/mol. The topological polar surface area (TPSA) is 0 Å². The van der Waals surface area contributed by atoms with Crippen LogP contribution in [0.1, 0.15) is 69.2 Å². The van der Waals surface area contributed by atoms with Crippen LogP contribution in [-0.4, -0.2) is 7.25 Å². The van der Waals surface area contributed by atoms with Crippen LogP contribution < -0.4 is 0 Å². The molecule has 26 heavy (non-hydrogen) atoms. The normalized spacial score (nSPS) is 22.5. The summed E-state index contributed by atoms with van der Waals surface area (Å²) in [7, 11) is -6.00. The van der Waals surface area contributed by atoms with Gasteiger partial charge >= 0.3 is 145 Å². The summed E-state index contributed by atoms with van der Waals surface area (Å²) in [5.74, 6) is 0. The van der Waals surface area contributed by atoms with Gasteiger partial charge < -0.3 is 17.3 Å². The van der Waals surface area contributed by atoms with Gasteiger partial charge in [0.15, 0.2) is 0 Å². The Labute approximate surface area is 162 Å². The van der Waals surface area contributed by atoms with Crippen LogP contribution in [0.5, 0.6) is 0 Å². The summed E-state index contributed by atoms with van der Waals surface area (Å²) in [6.45, 7) is 23.4. The molecule has 0 fully saturated rings. The van der Waals surface area contributed by atoms with E-state index < -0.39 is 7.25 Å². The average Bonchev–Trinajstić information content (AvgIpc) is 2.70. The molecule has 0 aromatic heterocycles. The molecule has 0 saturated heterocycles. The van der Waals surface area contributed by atoms with Crippen LogP contribution in [0.15, 0.2) is 42.4 Å². The third-order valence-corrected chi connectivity index (χ3v) is 8.77. The predicted octanol–water partition coefficient (Wildman–Crippen LogP) is 7.67. The molecule has 0 saturated carbocycles. The first kappa shape index (κ1) is 23.3. The Morgan fingerprint density at radius 1 is 0.577 bits per heavy atom. The van der Waals surface area contributed by atoms with E-state index in [0.717, 1.165) is 15.0 Å². The van der Waals surface area contributed by atoms with Crippen LogP contribution in [0.4, 0.5) is 17.3 Å². The van der Waals surface area contributed by atoms with E-state index in [1.807, 2.05) is 0 Å². The Bertz CT molecular complexity index is 669. The Kier molecular flexibility index (Phi) is 6.59. The molecule has 0 radical (unpaired) electrons. The second-order valence-corrected chi connectivity index (χ2v) is 9.57. The van der Waals surface area contributed by atoms with E-state index in [1.165, 1.54) is 22.3 Å². The molecule has 0 aromatic rings. The minimum Gasteiger partial charge on any atom is -0.418 e. The third-order valence-electron chi connectivity index (χ3n) is 6.01. The van der Waals surface area contributed by atoms with Gasteiger partial charge in [-0.05, 0) is 0 Å². The molecule has 6 heteroatoms. The molecule has 2 rings (SSSR count). The quantitative estimate of drug-likeness (QED) is 0.322. The molecule has 150 valence electrons. The maximum atomic E-state index is 9.75. The van der Waals surface area contributed by atoms with Gasteiger partial charge in [-0.2, -0.15) is 0 Å². The molecular formula is C20H30BF4Fe-. The van der Waals surface area contributed by atoms with Crippen molar-refractivity contribution in [3.05, 3.63) is 42.4 Å². The molecule has 0 spiro atoms. The summed E-state index contributed by atoms with van der Waals surface area (Å²) in [5.41, 5.74) is 9.57. The fraction of sp³-hybridized carbons (Fsp3) is 0.600. The zero-order valence-electron chi connectivity index (χ0n) is 17.4. The first-order valence-corrected chi connectivity index (χ1v) is 9.83. The van der Waals surface area contributed by atoms with Gasteiger partial charge in [-0.3, -0.25) is 0 Å². The van der Waals surface area contributed by atoms with Crippen LogP contribution in [0.2, 0.25) is 0 Å². The first-order chi connectivity index (χ1) is 11.4. The number of halogens is 4. The van der Waals surface area contributed by atoms with Gasteiger partial charge in [-0.25, -0.2) is 0 Å². The maximum absolute atomic E-state index is 9.75. The minimum absolute atomic E-state index is 0.210. The van der Waals surface area contributed by atoms with E-state index >= 15 is 0 Å². The van der Waals surface area contributed by atoms with Crippen LogP contribution in [0.25, 0.3) is 0 Å². The Hall–Kier alpha value is -0.736. The minimum atomic E-state index is -6.00. The standard InChI is InChI=1S/2C10H15.BF4.Fe/c2*1-7-6-10(4,5)9(3)8(7)2;2-1(3,4)5;/h2*1-5H3;;/q;;-1;. The van der Waals surface area contributed by atoms with Gasteiger partial charge in [-0.1, -0.05) is 0 Å². The van der Waals surface area contributed by atoms with E-state index in [4.69, 9.17) is 0 Å². The molecule has 2 aliphatic rings. The summed E-state index contributed by atoms with van der Waals surface area (Å²) < 4.78 is 42.3. The summed E-state index contributed by atoms with van der Waals surface area (Å²) in [6.07, 6.45) is 0. The number of rotatable bonds is 2. The van der Waals surface area contributed by atoms with E-state index in [-0.39, 0.29) is 10.8 Å². The smallest absolute Gasteiger partial charge is 0.418 e. The van der Waals surface area contributed by atoms with E-state index in [1.54, 1.807) is 20.1 Å². The van der Waals surface area contributed by atoms with Crippen molar-refractivity contribution in [2.24, 2.45) is 10.8 Å². The van der Waals surface area contributed by atoms with Crippen molar-refractivity contribution in [3.8, 4) is 0 Å². The molecule has 0 nitrogen and oxygen atoms in total. The van der Waals surface area contributed by atoms with E-state index in [9.17, 15) is 17.3 Å². The van der Waals surface area contributed by atoms with E-state index in [2.05, 4.69) is 69.2 Å². The predicted molar refractivity (Wildman–Crippen MR) is 99.9 cm³/mol. The summed E-state index contributed by atoms with van der Waals surface area (Å²) in [6, 6.07) is 0. The summed E-state index contributed by atoms with van der Waals surface area (Å²) in [4.78, 5) is 0. The second kappa shape index (κ2) is 7.35. The molecule has 0 heterocycles. The van der Waals surface area contributed by atoms with Crippen molar-refractivity contribution in [1.82, 2.24) is 0 Å². The molecule has 0 aromatic carbocycles. The molecular weight excluding hydrogens is 383 g/mol. The summed E-state index contributed by atoms with van der Waals surface area (Å²) in [5, 5.41) is 0. The van der Waals surface area contributed by atoms with Crippen LogP contribution in [-0.2, 0) is 15.0 Å². The third kappa shape index (κ3) is 4.39. The van der Waals surface area contributed by atoms with Crippen molar-refractivity contribution in [1.29, 1.82) is 0 Å².